The first-order chi connectivity index (χ1) is 8.02. The van der Waals surface area contributed by atoms with Gasteiger partial charge in [-0.15, -0.1) is 0 Å². The number of carboxylic acid groups (broad SMARTS) is 1. The number of unbranched alkanes of at least 4 members (excludes halogenated alkanes) is 2. The van der Waals surface area contributed by atoms with E-state index in [0.717, 1.165) is 30.0 Å². The molecule has 0 unspecified atom stereocenters. The summed E-state index contributed by atoms with van der Waals surface area (Å²) >= 11 is 0. The van der Waals surface area contributed by atoms with Gasteiger partial charge in [0.1, 0.15) is 5.69 Å². The van der Waals surface area contributed by atoms with Crippen LogP contribution in [0.4, 0.5) is 0 Å². The molecule has 1 rings (SSSR count). The summed E-state index contributed by atoms with van der Waals surface area (Å²) in [4.78, 5) is 10.3. The number of carbonyl (C=O) groups is 1. The molecule has 5 heteroatoms. The Morgan fingerprint density at radius 1 is 1.35 bits per heavy atom. The summed E-state index contributed by atoms with van der Waals surface area (Å²) in [7, 11) is 1.89. The van der Waals surface area contributed by atoms with Gasteiger partial charge >= 0.3 is 5.97 Å². The standard InChI is InChI=1S/C12H20N2O3/c1-9-12(10(2)14(3)13-9)17-8-6-4-5-7-11(15)16/h4-8H2,1-3H3,(H,15,16). The predicted octanol–water partition coefficient (Wildman–Crippen LogP) is 2.06. The molecular weight excluding hydrogens is 220 g/mol. The summed E-state index contributed by atoms with van der Waals surface area (Å²) in [5, 5.41) is 12.7. The number of aryl methyl sites for hydroxylation is 2. The van der Waals surface area contributed by atoms with Crippen LogP contribution in [0, 0.1) is 13.8 Å². The first-order valence-corrected chi connectivity index (χ1v) is 5.87. The number of hydrogen-bond acceptors (Lipinski definition) is 3. The van der Waals surface area contributed by atoms with E-state index in [2.05, 4.69) is 5.10 Å². The smallest absolute Gasteiger partial charge is 0.303 e. The van der Waals surface area contributed by atoms with Gasteiger partial charge in [0.2, 0.25) is 0 Å². The van der Waals surface area contributed by atoms with E-state index in [-0.39, 0.29) is 6.42 Å². The molecule has 0 aromatic carbocycles. The fourth-order valence-corrected chi connectivity index (χ4v) is 1.69. The van der Waals surface area contributed by atoms with E-state index in [1.165, 1.54) is 0 Å². The normalized spacial score (nSPS) is 10.5. The van der Waals surface area contributed by atoms with Crippen LogP contribution in [0.2, 0.25) is 0 Å². The van der Waals surface area contributed by atoms with Crippen molar-refractivity contribution in [2.24, 2.45) is 7.05 Å². The molecule has 17 heavy (non-hydrogen) atoms. The summed E-state index contributed by atoms with van der Waals surface area (Å²) in [5.41, 5.74) is 1.92. The number of aliphatic carboxylic acids is 1. The lowest BCUT2D eigenvalue weighted by atomic mass is 10.2. The predicted molar refractivity (Wildman–Crippen MR) is 64.3 cm³/mol. The van der Waals surface area contributed by atoms with Gasteiger partial charge in [0, 0.05) is 13.5 Å². The molecule has 0 aliphatic heterocycles. The minimum absolute atomic E-state index is 0.241. The molecule has 0 fully saturated rings. The average Bonchev–Trinajstić information content (AvgIpc) is 2.48. The molecule has 0 radical (unpaired) electrons. The van der Waals surface area contributed by atoms with Crippen LogP contribution >= 0.6 is 0 Å². The summed E-state index contributed by atoms with van der Waals surface area (Å²) < 4.78 is 7.47. The van der Waals surface area contributed by atoms with Gasteiger partial charge in [0.15, 0.2) is 5.75 Å². The third-order valence-electron chi connectivity index (χ3n) is 2.72. The zero-order valence-electron chi connectivity index (χ0n) is 10.7. The van der Waals surface area contributed by atoms with Crippen LogP contribution in [0.1, 0.15) is 37.1 Å². The molecule has 0 saturated heterocycles. The Labute approximate surface area is 101 Å². The van der Waals surface area contributed by atoms with E-state index in [4.69, 9.17) is 9.84 Å². The van der Waals surface area contributed by atoms with E-state index < -0.39 is 5.97 Å². The van der Waals surface area contributed by atoms with E-state index in [1.54, 1.807) is 4.68 Å². The van der Waals surface area contributed by atoms with E-state index in [1.807, 2.05) is 20.9 Å². The fraction of sp³-hybridized carbons (Fsp3) is 0.667. The highest BCUT2D eigenvalue weighted by Gasteiger charge is 2.09. The number of rotatable bonds is 7. The molecule has 1 heterocycles. The maximum Gasteiger partial charge on any atom is 0.303 e. The number of carboxylic acids is 1. The lowest BCUT2D eigenvalue weighted by molar-refractivity contribution is -0.137. The van der Waals surface area contributed by atoms with Crippen molar-refractivity contribution >= 4 is 5.97 Å². The molecule has 0 spiro atoms. The van der Waals surface area contributed by atoms with E-state index >= 15 is 0 Å². The van der Waals surface area contributed by atoms with Crippen LogP contribution in [0.15, 0.2) is 0 Å². The number of ether oxygens (including phenoxy) is 1. The Kier molecular flexibility index (Phi) is 5.00. The molecule has 96 valence electrons. The monoisotopic (exact) mass is 240 g/mol. The van der Waals surface area contributed by atoms with Crippen molar-refractivity contribution in [1.82, 2.24) is 9.78 Å². The van der Waals surface area contributed by atoms with Crippen LogP contribution < -0.4 is 4.74 Å². The second kappa shape index (κ2) is 6.27. The van der Waals surface area contributed by atoms with Crippen LogP contribution in [0.25, 0.3) is 0 Å². The summed E-state index contributed by atoms with van der Waals surface area (Å²) in [6.45, 7) is 4.51. The van der Waals surface area contributed by atoms with Crippen molar-refractivity contribution in [2.75, 3.05) is 6.61 Å². The zero-order valence-corrected chi connectivity index (χ0v) is 10.7. The first kappa shape index (κ1) is 13.5. The molecule has 1 aromatic heterocycles. The maximum absolute atomic E-state index is 10.3. The van der Waals surface area contributed by atoms with Crippen LogP contribution in [-0.4, -0.2) is 27.5 Å². The average molecular weight is 240 g/mol. The van der Waals surface area contributed by atoms with Crippen molar-refractivity contribution in [3.05, 3.63) is 11.4 Å². The molecule has 0 bridgehead atoms. The van der Waals surface area contributed by atoms with E-state index in [9.17, 15) is 4.79 Å². The van der Waals surface area contributed by atoms with Crippen molar-refractivity contribution in [2.45, 2.75) is 39.5 Å². The summed E-state index contributed by atoms with van der Waals surface area (Å²) in [6, 6.07) is 0. The molecule has 0 atom stereocenters. The molecule has 0 aliphatic rings. The molecule has 1 N–H and O–H groups in total. The summed E-state index contributed by atoms with van der Waals surface area (Å²) in [6.07, 6.45) is 2.71. The summed E-state index contributed by atoms with van der Waals surface area (Å²) in [5.74, 6) is 0.121. The number of hydrogen-bond donors (Lipinski definition) is 1. The van der Waals surface area contributed by atoms with Crippen LogP contribution in [0.3, 0.4) is 0 Å². The van der Waals surface area contributed by atoms with Gasteiger partial charge in [-0.3, -0.25) is 9.48 Å². The van der Waals surface area contributed by atoms with Crippen LogP contribution in [-0.2, 0) is 11.8 Å². The van der Waals surface area contributed by atoms with Crippen molar-refractivity contribution in [3.8, 4) is 5.75 Å². The Hall–Kier alpha value is -1.52. The molecule has 0 amide bonds. The molecule has 0 aliphatic carbocycles. The Balaban J connectivity index is 2.24. The van der Waals surface area contributed by atoms with Crippen LogP contribution in [0.5, 0.6) is 5.75 Å². The molecule has 5 nitrogen and oxygen atoms in total. The SMILES string of the molecule is Cc1nn(C)c(C)c1OCCCCCC(=O)O. The quantitative estimate of drug-likeness (QED) is 0.741. The fourth-order valence-electron chi connectivity index (χ4n) is 1.69. The second-order valence-corrected chi connectivity index (χ2v) is 4.18. The van der Waals surface area contributed by atoms with Crippen molar-refractivity contribution in [3.63, 3.8) is 0 Å². The largest absolute Gasteiger partial charge is 0.490 e. The number of aromatic nitrogens is 2. The Morgan fingerprint density at radius 3 is 2.59 bits per heavy atom. The molecular formula is C12H20N2O3. The topological polar surface area (TPSA) is 64.4 Å². The lowest BCUT2D eigenvalue weighted by Crippen LogP contribution is -2.00. The van der Waals surface area contributed by atoms with Crippen molar-refractivity contribution in [1.29, 1.82) is 0 Å². The number of nitrogens with zero attached hydrogens (tertiary/aromatic N) is 2. The third-order valence-corrected chi connectivity index (χ3v) is 2.72. The van der Waals surface area contributed by atoms with Gasteiger partial charge in [0.05, 0.1) is 12.3 Å². The van der Waals surface area contributed by atoms with Gasteiger partial charge in [-0.05, 0) is 33.1 Å². The van der Waals surface area contributed by atoms with Gasteiger partial charge in [-0.1, -0.05) is 0 Å². The van der Waals surface area contributed by atoms with E-state index in [0.29, 0.717) is 13.0 Å². The minimum Gasteiger partial charge on any atom is -0.490 e. The zero-order chi connectivity index (χ0) is 12.8. The molecule has 0 saturated carbocycles. The van der Waals surface area contributed by atoms with Gasteiger partial charge in [-0.25, -0.2) is 0 Å². The highest BCUT2D eigenvalue weighted by Crippen LogP contribution is 2.21. The Morgan fingerprint density at radius 2 is 2.06 bits per heavy atom. The van der Waals surface area contributed by atoms with Gasteiger partial charge in [-0.2, -0.15) is 5.10 Å². The second-order valence-electron chi connectivity index (χ2n) is 4.18. The first-order valence-electron chi connectivity index (χ1n) is 5.87. The third kappa shape index (κ3) is 4.09. The highest BCUT2D eigenvalue weighted by atomic mass is 16.5. The Bertz CT molecular complexity index is 385. The van der Waals surface area contributed by atoms with Gasteiger partial charge in [0.25, 0.3) is 0 Å². The highest BCUT2D eigenvalue weighted by molar-refractivity contribution is 5.66. The maximum atomic E-state index is 10.3. The molecule has 1 aromatic rings. The lowest BCUT2D eigenvalue weighted by Gasteiger charge is -2.05. The van der Waals surface area contributed by atoms with Gasteiger partial charge < -0.3 is 9.84 Å². The van der Waals surface area contributed by atoms with Crippen molar-refractivity contribution < 1.29 is 14.6 Å². The minimum atomic E-state index is -0.732.